The molecule has 21 heavy (non-hydrogen) atoms. The molecule has 2 heterocycles. The molecule has 0 aliphatic carbocycles. The van der Waals surface area contributed by atoms with E-state index in [0.29, 0.717) is 34.6 Å². The molecule has 6 heteroatoms. The molecule has 0 spiro atoms. The van der Waals surface area contributed by atoms with Crippen molar-refractivity contribution in [3.05, 3.63) is 42.4 Å². The van der Waals surface area contributed by atoms with Crippen LogP contribution >= 0.6 is 0 Å². The summed E-state index contributed by atoms with van der Waals surface area (Å²) in [7, 11) is 3.18. The summed E-state index contributed by atoms with van der Waals surface area (Å²) < 4.78 is 12.3. The largest absolute Gasteiger partial charge is 0.497 e. The van der Waals surface area contributed by atoms with Crippen LogP contribution in [0.2, 0.25) is 0 Å². The van der Waals surface area contributed by atoms with Crippen LogP contribution < -0.4 is 9.47 Å². The zero-order chi connectivity index (χ0) is 14.8. The van der Waals surface area contributed by atoms with Crippen molar-refractivity contribution in [2.75, 3.05) is 14.2 Å². The highest BCUT2D eigenvalue weighted by molar-refractivity contribution is 5.80. The summed E-state index contributed by atoms with van der Waals surface area (Å²) in [4.78, 5) is 19.5. The highest BCUT2D eigenvalue weighted by atomic mass is 16.5. The summed E-state index contributed by atoms with van der Waals surface area (Å²) in [6.07, 6.45) is 2.36. The molecule has 0 fully saturated rings. The highest BCUT2D eigenvalue weighted by Crippen LogP contribution is 2.26. The van der Waals surface area contributed by atoms with Crippen LogP contribution in [0.4, 0.5) is 0 Å². The summed E-state index contributed by atoms with van der Waals surface area (Å²) in [5.41, 5.74) is 2.47. The van der Waals surface area contributed by atoms with Gasteiger partial charge in [0, 0.05) is 18.2 Å². The molecule has 6 nitrogen and oxygen atoms in total. The van der Waals surface area contributed by atoms with E-state index in [4.69, 9.17) is 9.47 Å². The number of carbonyl (C=O) groups excluding carboxylic acids is 1. The number of hydrogen-bond acceptors (Lipinski definition) is 5. The number of aldehydes is 1. The highest BCUT2D eigenvalue weighted by Gasteiger charge is 2.10. The van der Waals surface area contributed by atoms with Crippen molar-refractivity contribution in [1.29, 1.82) is 0 Å². The molecule has 106 valence electrons. The molecule has 1 aromatic carbocycles. The third kappa shape index (κ3) is 2.31. The number of fused-ring (bicyclic) bond motifs is 1. The second-order valence-corrected chi connectivity index (χ2v) is 4.38. The standard InChI is InChI=1S/C15H13N3O3/c1-20-12-5-11(6-13(7-12)21-2)18-9-16-14-4-3-10(8-19)17-15(14)18/h3-9H,1-2H3. The van der Waals surface area contributed by atoms with Crippen LogP contribution in [0.5, 0.6) is 11.5 Å². The molecular weight excluding hydrogens is 270 g/mol. The lowest BCUT2D eigenvalue weighted by molar-refractivity contribution is 0.111. The number of aromatic nitrogens is 3. The lowest BCUT2D eigenvalue weighted by Gasteiger charge is -2.09. The Balaban J connectivity index is 2.22. The number of carbonyl (C=O) groups is 1. The number of benzene rings is 1. The molecule has 0 bridgehead atoms. The monoisotopic (exact) mass is 283 g/mol. The minimum Gasteiger partial charge on any atom is -0.497 e. The van der Waals surface area contributed by atoms with Crippen LogP contribution in [0.3, 0.4) is 0 Å². The Kier molecular flexibility index (Phi) is 3.27. The molecule has 0 saturated heterocycles. The topological polar surface area (TPSA) is 66.2 Å². The zero-order valence-corrected chi connectivity index (χ0v) is 11.6. The first-order chi connectivity index (χ1) is 10.2. The lowest BCUT2D eigenvalue weighted by Crippen LogP contribution is -1.98. The van der Waals surface area contributed by atoms with Crippen LogP contribution in [0.25, 0.3) is 16.9 Å². The number of imidazole rings is 1. The van der Waals surface area contributed by atoms with Gasteiger partial charge in [-0.2, -0.15) is 0 Å². The minimum absolute atomic E-state index is 0.360. The van der Waals surface area contributed by atoms with Gasteiger partial charge in [0.1, 0.15) is 29.0 Å². The Bertz CT molecular complexity index is 789. The van der Waals surface area contributed by atoms with Crippen LogP contribution in [-0.4, -0.2) is 35.0 Å². The van der Waals surface area contributed by atoms with Gasteiger partial charge in [0.25, 0.3) is 0 Å². The first-order valence-electron chi connectivity index (χ1n) is 6.28. The average molecular weight is 283 g/mol. The van der Waals surface area contributed by atoms with Gasteiger partial charge < -0.3 is 9.47 Å². The first-order valence-corrected chi connectivity index (χ1v) is 6.28. The Labute approximate surface area is 121 Å². The molecule has 2 aromatic heterocycles. The molecule has 0 unspecified atom stereocenters. The quantitative estimate of drug-likeness (QED) is 0.687. The fourth-order valence-electron chi connectivity index (χ4n) is 2.09. The van der Waals surface area contributed by atoms with E-state index in [1.807, 2.05) is 12.1 Å². The molecule has 3 aromatic rings. The SMILES string of the molecule is COc1cc(OC)cc(-n2cnc3ccc(C=O)nc32)c1. The van der Waals surface area contributed by atoms with E-state index < -0.39 is 0 Å². The maximum Gasteiger partial charge on any atom is 0.168 e. The van der Waals surface area contributed by atoms with Gasteiger partial charge in [-0.1, -0.05) is 0 Å². The van der Waals surface area contributed by atoms with Gasteiger partial charge in [-0.3, -0.25) is 9.36 Å². The van der Waals surface area contributed by atoms with Gasteiger partial charge in [-0.15, -0.1) is 0 Å². The second kappa shape index (κ2) is 5.24. The van der Waals surface area contributed by atoms with Crippen molar-refractivity contribution in [2.24, 2.45) is 0 Å². The maximum absolute atomic E-state index is 10.9. The van der Waals surface area contributed by atoms with Crippen molar-refractivity contribution in [3.8, 4) is 17.2 Å². The zero-order valence-electron chi connectivity index (χ0n) is 11.6. The Hall–Kier alpha value is -2.89. The van der Waals surface area contributed by atoms with E-state index >= 15 is 0 Å². The van der Waals surface area contributed by atoms with Crippen molar-refractivity contribution in [1.82, 2.24) is 14.5 Å². The Morgan fingerprint density at radius 1 is 1.10 bits per heavy atom. The molecule has 0 aliphatic heterocycles. The van der Waals surface area contributed by atoms with E-state index in [1.54, 1.807) is 43.3 Å². The van der Waals surface area contributed by atoms with Crippen molar-refractivity contribution < 1.29 is 14.3 Å². The van der Waals surface area contributed by atoms with Crippen molar-refractivity contribution in [2.45, 2.75) is 0 Å². The molecule has 0 atom stereocenters. The fraction of sp³-hybridized carbons (Fsp3) is 0.133. The molecule has 0 amide bonds. The predicted octanol–water partition coefficient (Wildman–Crippen LogP) is 2.25. The number of ether oxygens (including phenoxy) is 2. The summed E-state index contributed by atoms with van der Waals surface area (Å²) in [5.74, 6) is 1.33. The summed E-state index contributed by atoms with van der Waals surface area (Å²) in [5, 5.41) is 0. The van der Waals surface area contributed by atoms with Gasteiger partial charge in [-0.25, -0.2) is 9.97 Å². The molecule has 0 saturated carbocycles. The smallest absolute Gasteiger partial charge is 0.168 e. The molecular formula is C15H13N3O3. The first kappa shape index (κ1) is 13.1. The summed E-state index contributed by atoms with van der Waals surface area (Å²) in [6.45, 7) is 0. The van der Waals surface area contributed by atoms with E-state index in [-0.39, 0.29) is 0 Å². The number of pyridine rings is 1. The van der Waals surface area contributed by atoms with Gasteiger partial charge >= 0.3 is 0 Å². The third-order valence-corrected chi connectivity index (χ3v) is 3.15. The number of rotatable bonds is 4. The van der Waals surface area contributed by atoms with E-state index in [2.05, 4.69) is 9.97 Å². The second-order valence-electron chi connectivity index (χ2n) is 4.38. The Morgan fingerprint density at radius 3 is 2.43 bits per heavy atom. The number of hydrogen-bond donors (Lipinski definition) is 0. The normalized spacial score (nSPS) is 10.6. The van der Waals surface area contributed by atoms with Crippen molar-refractivity contribution >= 4 is 17.5 Å². The van der Waals surface area contributed by atoms with Crippen LogP contribution in [0.15, 0.2) is 36.7 Å². The van der Waals surface area contributed by atoms with Gasteiger partial charge in [0.05, 0.1) is 19.9 Å². The summed E-state index contributed by atoms with van der Waals surface area (Å²) >= 11 is 0. The molecule has 0 radical (unpaired) electrons. The van der Waals surface area contributed by atoms with Crippen LogP contribution in [0.1, 0.15) is 10.5 Å². The van der Waals surface area contributed by atoms with Gasteiger partial charge in [0.15, 0.2) is 11.9 Å². The van der Waals surface area contributed by atoms with Gasteiger partial charge in [0.2, 0.25) is 0 Å². The van der Waals surface area contributed by atoms with Crippen molar-refractivity contribution in [3.63, 3.8) is 0 Å². The molecule has 0 N–H and O–H groups in total. The number of methoxy groups -OCH3 is 2. The molecule has 0 aliphatic rings. The van der Waals surface area contributed by atoms with E-state index in [9.17, 15) is 4.79 Å². The fourth-order valence-corrected chi connectivity index (χ4v) is 2.09. The minimum atomic E-state index is 0.360. The Morgan fingerprint density at radius 2 is 1.81 bits per heavy atom. The molecule has 3 rings (SSSR count). The summed E-state index contributed by atoms with van der Waals surface area (Å²) in [6, 6.07) is 8.88. The third-order valence-electron chi connectivity index (χ3n) is 3.15. The van der Waals surface area contributed by atoms with E-state index in [0.717, 1.165) is 5.69 Å². The van der Waals surface area contributed by atoms with Gasteiger partial charge in [-0.05, 0) is 12.1 Å². The average Bonchev–Trinajstić information content (AvgIpc) is 2.97. The lowest BCUT2D eigenvalue weighted by atomic mass is 10.2. The van der Waals surface area contributed by atoms with Crippen LogP contribution in [-0.2, 0) is 0 Å². The maximum atomic E-state index is 10.9. The van der Waals surface area contributed by atoms with Crippen LogP contribution in [0, 0.1) is 0 Å². The predicted molar refractivity (Wildman–Crippen MR) is 77.4 cm³/mol. The van der Waals surface area contributed by atoms with E-state index in [1.165, 1.54) is 0 Å². The number of nitrogens with zero attached hydrogens (tertiary/aromatic N) is 3.